The molecule has 3 rings (SSSR count). The van der Waals surface area contributed by atoms with Crippen LogP contribution in [0.5, 0.6) is 0 Å². The second kappa shape index (κ2) is 7.04. The van der Waals surface area contributed by atoms with Crippen LogP contribution in [0.2, 0.25) is 0 Å². The molecule has 6 nitrogen and oxygen atoms in total. The van der Waals surface area contributed by atoms with Crippen molar-refractivity contribution in [2.24, 2.45) is 0 Å². The lowest BCUT2D eigenvalue weighted by Gasteiger charge is -2.08. The molecule has 0 aliphatic rings. The van der Waals surface area contributed by atoms with Gasteiger partial charge in [-0.05, 0) is 45.7 Å². The van der Waals surface area contributed by atoms with E-state index in [2.05, 4.69) is 41.5 Å². The van der Waals surface area contributed by atoms with E-state index in [1.165, 1.54) is 16.6 Å². The molecule has 0 bridgehead atoms. The predicted octanol–water partition coefficient (Wildman–Crippen LogP) is 3.14. The molecular formula is C18H18N4O2. The average Bonchev–Trinajstić information content (AvgIpc) is 3.15. The van der Waals surface area contributed by atoms with Gasteiger partial charge >= 0.3 is 5.97 Å². The van der Waals surface area contributed by atoms with Gasteiger partial charge in [-0.2, -0.15) is 0 Å². The van der Waals surface area contributed by atoms with Crippen molar-refractivity contribution in [3.05, 3.63) is 71.5 Å². The van der Waals surface area contributed by atoms with E-state index in [0.717, 1.165) is 5.56 Å². The molecule has 0 unspecified atom stereocenters. The smallest absolute Gasteiger partial charge is 0.338 e. The molecule has 0 aliphatic carbocycles. The zero-order valence-corrected chi connectivity index (χ0v) is 13.6. The van der Waals surface area contributed by atoms with Gasteiger partial charge in [0.1, 0.15) is 12.9 Å². The highest BCUT2D eigenvalue weighted by molar-refractivity contribution is 5.90. The number of tetrazole rings is 1. The van der Waals surface area contributed by atoms with E-state index in [9.17, 15) is 4.79 Å². The average molecular weight is 322 g/mol. The summed E-state index contributed by atoms with van der Waals surface area (Å²) < 4.78 is 6.87. The molecule has 0 amide bonds. The number of hydrogen-bond acceptors (Lipinski definition) is 5. The van der Waals surface area contributed by atoms with Crippen LogP contribution in [0, 0.1) is 0 Å². The van der Waals surface area contributed by atoms with Crippen molar-refractivity contribution in [3.63, 3.8) is 0 Å². The molecule has 0 saturated carbocycles. The van der Waals surface area contributed by atoms with Gasteiger partial charge in [-0.1, -0.05) is 44.2 Å². The normalized spacial score (nSPS) is 10.8. The molecule has 0 saturated heterocycles. The molecular weight excluding hydrogens is 304 g/mol. The first-order chi connectivity index (χ1) is 11.6. The molecule has 0 radical (unpaired) electrons. The van der Waals surface area contributed by atoms with Gasteiger partial charge < -0.3 is 4.74 Å². The summed E-state index contributed by atoms with van der Waals surface area (Å²) in [5.74, 6) is 0.105. The largest absolute Gasteiger partial charge is 0.457 e. The third kappa shape index (κ3) is 3.65. The quantitative estimate of drug-likeness (QED) is 0.675. The number of esters is 1. The molecule has 1 heterocycles. The van der Waals surface area contributed by atoms with Crippen LogP contribution >= 0.6 is 0 Å². The molecule has 0 atom stereocenters. The second-order valence-corrected chi connectivity index (χ2v) is 5.78. The highest BCUT2D eigenvalue weighted by atomic mass is 16.5. The van der Waals surface area contributed by atoms with Gasteiger partial charge in [-0.25, -0.2) is 9.48 Å². The third-order valence-corrected chi connectivity index (χ3v) is 3.71. The van der Waals surface area contributed by atoms with E-state index in [4.69, 9.17) is 4.74 Å². The molecule has 6 heteroatoms. The Labute approximate surface area is 140 Å². The molecule has 122 valence electrons. The summed E-state index contributed by atoms with van der Waals surface area (Å²) in [5.41, 5.74) is 3.39. The molecule has 0 spiro atoms. The highest BCUT2D eigenvalue weighted by Gasteiger charge is 2.09. The van der Waals surface area contributed by atoms with Crippen LogP contribution in [-0.2, 0) is 11.3 Å². The zero-order valence-electron chi connectivity index (χ0n) is 13.6. The van der Waals surface area contributed by atoms with Crippen LogP contribution in [-0.4, -0.2) is 26.2 Å². The van der Waals surface area contributed by atoms with Crippen molar-refractivity contribution < 1.29 is 9.53 Å². The minimum Gasteiger partial charge on any atom is -0.457 e. The summed E-state index contributed by atoms with van der Waals surface area (Å²) in [7, 11) is 0. The van der Waals surface area contributed by atoms with E-state index < -0.39 is 0 Å². The number of hydrogen-bond donors (Lipinski definition) is 0. The van der Waals surface area contributed by atoms with Crippen LogP contribution in [0.3, 0.4) is 0 Å². The number of carbonyl (C=O) groups excluding carboxylic acids is 1. The lowest BCUT2D eigenvalue weighted by atomic mass is 10.0. The number of rotatable bonds is 5. The van der Waals surface area contributed by atoms with Gasteiger partial charge in [0.15, 0.2) is 0 Å². The Hall–Kier alpha value is -3.02. The van der Waals surface area contributed by atoms with Crippen LogP contribution in [0.25, 0.3) is 5.69 Å². The fourth-order valence-corrected chi connectivity index (χ4v) is 2.29. The Morgan fingerprint density at radius 2 is 1.96 bits per heavy atom. The third-order valence-electron chi connectivity index (χ3n) is 3.71. The van der Waals surface area contributed by atoms with E-state index in [-0.39, 0.29) is 12.6 Å². The van der Waals surface area contributed by atoms with Crippen molar-refractivity contribution in [2.75, 3.05) is 0 Å². The van der Waals surface area contributed by atoms with Gasteiger partial charge in [-0.15, -0.1) is 5.10 Å². The summed E-state index contributed by atoms with van der Waals surface area (Å²) in [5, 5.41) is 11.0. The first-order valence-electron chi connectivity index (χ1n) is 7.73. The monoisotopic (exact) mass is 322 g/mol. The number of benzene rings is 2. The number of ether oxygens (including phenoxy) is 1. The van der Waals surface area contributed by atoms with Crippen molar-refractivity contribution in [3.8, 4) is 5.69 Å². The fraction of sp³-hybridized carbons (Fsp3) is 0.222. The summed E-state index contributed by atoms with van der Waals surface area (Å²) in [6, 6.07) is 15.1. The van der Waals surface area contributed by atoms with Crippen molar-refractivity contribution in [2.45, 2.75) is 26.4 Å². The second-order valence-electron chi connectivity index (χ2n) is 5.78. The number of carbonyl (C=O) groups is 1. The molecule has 1 aromatic heterocycles. The van der Waals surface area contributed by atoms with Crippen LogP contribution < -0.4 is 0 Å². The minimum atomic E-state index is -0.377. The Bertz CT molecular complexity index is 811. The van der Waals surface area contributed by atoms with E-state index in [1.807, 2.05) is 18.2 Å². The van der Waals surface area contributed by atoms with E-state index >= 15 is 0 Å². The minimum absolute atomic E-state index is 0.242. The van der Waals surface area contributed by atoms with Crippen LogP contribution in [0.1, 0.15) is 41.3 Å². The van der Waals surface area contributed by atoms with Gasteiger partial charge in [0.2, 0.25) is 0 Å². The van der Waals surface area contributed by atoms with E-state index in [0.29, 0.717) is 17.2 Å². The van der Waals surface area contributed by atoms with Gasteiger partial charge in [0.25, 0.3) is 0 Å². The molecule has 2 aromatic carbocycles. The van der Waals surface area contributed by atoms with Crippen molar-refractivity contribution in [1.29, 1.82) is 0 Å². The first-order valence-corrected chi connectivity index (χ1v) is 7.73. The maximum atomic E-state index is 12.2. The molecule has 0 fully saturated rings. The summed E-state index contributed by atoms with van der Waals surface area (Å²) in [6.07, 6.45) is 1.47. The van der Waals surface area contributed by atoms with Crippen molar-refractivity contribution >= 4 is 5.97 Å². The lowest BCUT2D eigenvalue weighted by molar-refractivity contribution is 0.0472. The topological polar surface area (TPSA) is 69.9 Å². The zero-order chi connectivity index (χ0) is 16.9. The first kappa shape index (κ1) is 15.9. The van der Waals surface area contributed by atoms with E-state index in [1.54, 1.807) is 18.2 Å². The van der Waals surface area contributed by atoms with Crippen molar-refractivity contribution in [1.82, 2.24) is 20.2 Å². The van der Waals surface area contributed by atoms with Crippen LogP contribution in [0.4, 0.5) is 0 Å². The Morgan fingerprint density at radius 3 is 2.62 bits per heavy atom. The van der Waals surface area contributed by atoms with Gasteiger partial charge in [-0.3, -0.25) is 0 Å². The molecule has 24 heavy (non-hydrogen) atoms. The Balaban J connectivity index is 1.66. The fourth-order valence-electron chi connectivity index (χ4n) is 2.29. The Morgan fingerprint density at radius 1 is 1.17 bits per heavy atom. The Kier molecular flexibility index (Phi) is 4.65. The lowest BCUT2D eigenvalue weighted by Crippen LogP contribution is -2.06. The van der Waals surface area contributed by atoms with Crippen LogP contribution in [0.15, 0.2) is 54.9 Å². The molecule has 0 aliphatic heterocycles. The molecule has 3 aromatic rings. The predicted molar refractivity (Wildman–Crippen MR) is 88.8 cm³/mol. The number of aromatic nitrogens is 4. The van der Waals surface area contributed by atoms with Gasteiger partial charge in [0.05, 0.1) is 11.3 Å². The summed E-state index contributed by atoms with van der Waals surface area (Å²) >= 11 is 0. The summed E-state index contributed by atoms with van der Waals surface area (Å²) in [4.78, 5) is 12.2. The summed E-state index contributed by atoms with van der Waals surface area (Å²) in [6.45, 7) is 4.53. The number of nitrogens with zero attached hydrogens (tertiary/aromatic N) is 4. The van der Waals surface area contributed by atoms with Gasteiger partial charge in [0, 0.05) is 0 Å². The standard InChI is InChI=1S/C18H18N4O2/c1-13(2)15-8-6-14(7-9-15)11-24-18(23)16-4-3-5-17(10-16)22-12-19-20-21-22/h3-10,12-13H,11H2,1-2H3. The maximum Gasteiger partial charge on any atom is 0.338 e. The highest BCUT2D eigenvalue weighted by Crippen LogP contribution is 2.16. The SMILES string of the molecule is CC(C)c1ccc(COC(=O)c2cccc(-n3cnnn3)c2)cc1. The maximum absolute atomic E-state index is 12.2. The molecule has 0 N–H and O–H groups in total.